The molecule has 4 saturated carbocycles. The zero-order valence-electron chi connectivity index (χ0n) is 10.5. The number of carboxylic acids is 1. The standard InChI is InChI=1S/C14H20F2O2/c15-14(16,7-12(17)18)8-13-4-9-1-10(5-13)3-11(2-9)6-13/h9-11H,1-8H2,(H,17,18). The van der Waals surface area contributed by atoms with Gasteiger partial charge in [-0.1, -0.05) is 0 Å². The van der Waals surface area contributed by atoms with E-state index in [9.17, 15) is 13.6 Å². The highest BCUT2D eigenvalue weighted by atomic mass is 19.3. The largest absolute Gasteiger partial charge is 0.481 e. The minimum absolute atomic E-state index is 0.199. The van der Waals surface area contributed by atoms with Gasteiger partial charge in [-0.2, -0.15) is 0 Å². The molecule has 0 saturated heterocycles. The molecule has 102 valence electrons. The maximum absolute atomic E-state index is 13.8. The normalized spacial score (nSPS) is 42.2. The van der Waals surface area contributed by atoms with Crippen molar-refractivity contribution in [2.24, 2.45) is 23.2 Å². The van der Waals surface area contributed by atoms with Crippen molar-refractivity contribution in [3.8, 4) is 0 Å². The summed E-state index contributed by atoms with van der Waals surface area (Å²) in [6.45, 7) is 0. The van der Waals surface area contributed by atoms with E-state index in [1.54, 1.807) is 0 Å². The van der Waals surface area contributed by atoms with Crippen molar-refractivity contribution in [1.29, 1.82) is 0 Å². The Morgan fingerprint density at radius 2 is 1.56 bits per heavy atom. The first-order valence-corrected chi connectivity index (χ1v) is 6.95. The van der Waals surface area contributed by atoms with Gasteiger partial charge < -0.3 is 5.11 Å². The van der Waals surface area contributed by atoms with Crippen LogP contribution in [0.1, 0.15) is 51.4 Å². The molecule has 2 nitrogen and oxygen atoms in total. The van der Waals surface area contributed by atoms with E-state index in [1.165, 1.54) is 19.3 Å². The van der Waals surface area contributed by atoms with Crippen LogP contribution in [0.4, 0.5) is 8.78 Å². The van der Waals surface area contributed by atoms with Crippen LogP contribution < -0.4 is 0 Å². The molecule has 0 radical (unpaired) electrons. The molecule has 0 spiro atoms. The summed E-state index contributed by atoms with van der Waals surface area (Å²) in [4.78, 5) is 10.5. The Morgan fingerprint density at radius 1 is 1.11 bits per heavy atom. The van der Waals surface area contributed by atoms with Crippen LogP contribution in [0.15, 0.2) is 0 Å². The van der Waals surface area contributed by atoms with Gasteiger partial charge in [0.1, 0.15) is 6.42 Å². The summed E-state index contributed by atoms with van der Waals surface area (Å²) in [6.07, 6.45) is 5.21. The van der Waals surface area contributed by atoms with E-state index in [1.807, 2.05) is 0 Å². The maximum Gasteiger partial charge on any atom is 0.309 e. The third-order valence-electron chi connectivity index (χ3n) is 5.21. The number of hydrogen-bond acceptors (Lipinski definition) is 1. The van der Waals surface area contributed by atoms with Gasteiger partial charge in [0.15, 0.2) is 0 Å². The third kappa shape index (κ3) is 2.26. The highest BCUT2D eigenvalue weighted by molar-refractivity contribution is 5.67. The van der Waals surface area contributed by atoms with E-state index in [0.29, 0.717) is 17.8 Å². The van der Waals surface area contributed by atoms with Crippen LogP contribution in [0.25, 0.3) is 0 Å². The molecule has 4 aliphatic rings. The molecule has 0 amide bonds. The zero-order chi connectivity index (χ0) is 13.0. The van der Waals surface area contributed by atoms with Crippen LogP contribution in [-0.2, 0) is 4.79 Å². The minimum Gasteiger partial charge on any atom is -0.481 e. The topological polar surface area (TPSA) is 37.3 Å². The van der Waals surface area contributed by atoms with Crippen molar-refractivity contribution in [1.82, 2.24) is 0 Å². The lowest BCUT2D eigenvalue weighted by Crippen LogP contribution is -2.48. The highest BCUT2D eigenvalue weighted by Gasteiger charge is 2.54. The Hall–Kier alpha value is -0.670. The number of rotatable bonds is 4. The Bertz CT molecular complexity index is 330. The molecule has 0 atom stereocenters. The molecule has 4 fully saturated rings. The maximum atomic E-state index is 13.8. The Morgan fingerprint density at radius 3 is 1.94 bits per heavy atom. The van der Waals surface area contributed by atoms with Gasteiger partial charge in [-0.25, -0.2) is 8.78 Å². The van der Waals surface area contributed by atoms with Gasteiger partial charge in [0.25, 0.3) is 5.92 Å². The molecular weight excluding hydrogens is 238 g/mol. The van der Waals surface area contributed by atoms with E-state index in [-0.39, 0.29) is 11.8 Å². The fourth-order valence-electron chi connectivity index (χ4n) is 5.34. The van der Waals surface area contributed by atoms with Crippen LogP contribution >= 0.6 is 0 Å². The number of alkyl halides is 2. The van der Waals surface area contributed by atoms with E-state index < -0.39 is 18.3 Å². The molecule has 0 unspecified atom stereocenters. The van der Waals surface area contributed by atoms with Crippen molar-refractivity contribution >= 4 is 5.97 Å². The number of carbonyl (C=O) groups is 1. The smallest absolute Gasteiger partial charge is 0.309 e. The van der Waals surface area contributed by atoms with Crippen LogP contribution in [0.3, 0.4) is 0 Å². The first kappa shape index (κ1) is 12.4. The summed E-state index contributed by atoms with van der Waals surface area (Å²) in [5.74, 6) is -2.51. The third-order valence-corrected chi connectivity index (χ3v) is 5.21. The first-order valence-electron chi connectivity index (χ1n) is 6.95. The first-order chi connectivity index (χ1) is 8.36. The molecule has 0 aliphatic heterocycles. The number of hydrogen-bond donors (Lipinski definition) is 1. The molecule has 4 rings (SSSR count). The fourth-order valence-corrected chi connectivity index (χ4v) is 5.34. The number of carboxylic acid groups (broad SMARTS) is 1. The lowest BCUT2D eigenvalue weighted by Gasteiger charge is -2.57. The molecule has 0 aromatic heterocycles. The molecule has 0 aromatic rings. The predicted molar refractivity (Wildman–Crippen MR) is 62.4 cm³/mol. The summed E-state index contributed by atoms with van der Waals surface area (Å²) >= 11 is 0. The minimum atomic E-state index is -3.03. The molecule has 18 heavy (non-hydrogen) atoms. The van der Waals surface area contributed by atoms with Crippen LogP contribution in [0, 0.1) is 23.2 Å². The van der Waals surface area contributed by atoms with E-state index >= 15 is 0 Å². The van der Waals surface area contributed by atoms with Gasteiger partial charge in [-0.15, -0.1) is 0 Å². The van der Waals surface area contributed by atoms with Crippen molar-refractivity contribution in [2.45, 2.75) is 57.3 Å². The van der Waals surface area contributed by atoms with Gasteiger partial charge >= 0.3 is 5.97 Å². The second-order valence-electron chi connectivity index (χ2n) is 7.02. The van der Waals surface area contributed by atoms with Gasteiger partial charge in [0, 0.05) is 6.42 Å². The van der Waals surface area contributed by atoms with Crippen LogP contribution in [0.2, 0.25) is 0 Å². The molecule has 4 heteroatoms. The fraction of sp³-hybridized carbons (Fsp3) is 0.929. The van der Waals surface area contributed by atoms with E-state index in [0.717, 1.165) is 19.3 Å². The van der Waals surface area contributed by atoms with Crippen molar-refractivity contribution in [3.05, 3.63) is 0 Å². The SMILES string of the molecule is O=C(O)CC(F)(F)CC12CC3CC(CC(C3)C1)C2. The quantitative estimate of drug-likeness (QED) is 0.834. The van der Waals surface area contributed by atoms with Crippen molar-refractivity contribution in [3.63, 3.8) is 0 Å². The average molecular weight is 258 g/mol. The lowest BCUT2D eigenvalue weighted by atomic mass is 9.48. The van der Waals surface area contributed by atoms with Crippen LogP contribution in [-0.4, -0.2) is 17.0 Å². The predicted octanol–water partition coefficient (Wildman–Crippen LogP) is 3.70. The van der Waals surface area contributed by atoms with Gasteiger partial charge in [-0.05, 0) is 61.7 Å². The Labute approximate surface area is 106 Å². The van der Waals surface area contributed by atoms with Crippen molar-refractivity contribution < 1.29 is 18.7 Å². The molecule has 0 aromatic carbocycles. The molecular formula is C14H20F2O2. The summed E-state index contributed by atoms with van der Waals surface area (Å²) in [6, 6.07) is 0. The van der Waals surface area contributed by atoms with E-state index in [2.05, 4.69) is 0 Å². The number of aliphatic carboxylic acids is 1. The summed E-state index contributed by atoms with van der Waals surface area (Å²) in [7, 11) is 0. The summed E-state index contributed by atoms with van der Waals surface area (Å²) in [5, 5.41) is 8.58. The molecule has 0 heterocycles. The van der Waals surface area contributed by atoms with Crippen LogP contribution in [0.5, 0.6) is 0 Å². The van der Waals surface area contributed by atoms with E-state index in [4.69, 9.17) is 5.11 Å². The monoisotopic (exact) mass is 258 g/mol. The van der Waals surface area contributed by atoms with Crippen molar-refractivity contribution in [2.75, 3.05) is 0 Å². The zero-order valence-corrected chi connectivity index (χ0v) is 10.5. The molecule has 1 N–H and O–H groups in total. The second kappa shape index (κ2) is 3.91. The average Bonchev–Trinajstić information content (AvgIpc) is 2.09. The Kier molecular flexibility index (Phi) is 2.69. The molecule has 4 bridgehead atoms. The summed E-state index contributed by atoms with van der Waals surface area (Å²) in [5.41, 5.74) is -0.242. The van der Waals surface area contributed by atoms with Gasteiger partial charge in [0.2, 0.25) is 0 Å². The summed E-state index contributed by atoms with van der Waals surface area (Å²) < 4.78 is 27.6. The number of halogens is 2. The van der Waals surface area contributed by atoms with Gasteiger partial charge in [0.05, 0.1) is 0 Å². The van der Waals surface area contributed by atoms with Gasteiger partial charge in [-0.3, -0.25) is 4.79 Å². The second-order valence-corrected chi connectivity index (χ2v) is 7.02. The highest BCUT2D eigenvalue weighted by Crippen LogP contribution is 2.62. The lowest BCUT2D eigenvalue weighted by molar-refractivity contribution is -0.154. The molecule has 4 aliphatic carbocycles. The Balaban J connectivity index is 1.74.